The van der Waals surface area contributed by atoms with Gasteiger partial charge in [-0.1, -0.05) is 30.3 Å². The van der Waals surface area contributed by atoms with E-state index in [0.29, 0.717) is 19.7 Å². The van der Waals surface area contributed by atoms with E-state index in [0.717, 1.165) is 29.7 Å². The molecule has 0 aromatic heterocycles. The van der Waals surface area contributed by atoms with Crippen LogP contribution < -0.4 is 10.2 Å². The number of hydrogen-bond donors (Lipinski definition) is 1. The van der Waals surface area contributed by atoms with Gasteiger partial charge in [0.15, 0.2) is 0 Å². The third-order valence-corrected chi connectivity index (χ3v) is 5.96. The van der Waals surface area contributed by atoms with Gasteiger partial charge in [0.05, 0.1) is 18.6 Å². The van der Waals surface area contributed by atoms with Crippen LogP contribution in [0.4, 0.5) is 5.69 Å². The fourth-order valence-electron chi connectivity index (χ4n) is 4.21. The molecular weight excluding hydrogens is 376 g/mol. The molecule has 1 heterocycles. The highest BCUT2D eigenvalue weighted by atomic mass is 16.5. The summed E-state index contributed by atoms with van der Waals surface area (Å²) in [5.74, 6) is -0.328. The maximum Gasteiger partial charge on any atom is 0.227 e. The average Bonchev–Trinajstić information content (AvgIpc) is 3.37. The van der Waals surface area contributed by atoms with Crippen molar-refractivity contribution in [1.29, 1.82) is 0 Å². The molecule has 2 aliphatic rings. The molecule has 4 rings (SSSR count). The molecule has 1 aliphatic heterocycles. The molecule has 0 bridgehead atoms. The topological polar surface area (TPSA) is 58.6 Å². The molecule has 158 valence electrons. The zero-order valence-corrected chi connectivity index (χ0v) is 17.8. The van der Waals surface area contributed by atoms with Crippen LogP contribution in [0.25, 0.3) is 0 Å². The van der Waals surface area contributed by atoms with E-state index in [4.69, 9.17) is 4.74 Å². The van der Waals surface area contributed by atoms with Crippen molar-refractivity contribution >= 4 is 17.5 Å². The number of hydrogen-bond acceptors (Lipinski definition) is 3. The minimum absolute atomic E-state index is 0.0302. The van der Waals surface area contributed by atoms with Gasteiger partial charge in [-0.15, -0.1) is 0 Å². The van der Waals surface area contributed by atoms with Crippen LogP contribution in [0.3, 0.4) is 0 Å². The molecule has 1 atom stereocenters. The first-order valence-electron chi connectivity index (χ1n) is 10.9. The van der Waals surface area contributed by atoms with Crippen LogP contribution in [0.2, 0.25) is 0 Å². The highest BCUT2D eigenvalue weighted by Gasteiger charge is 2.35. The number of rotatable bonds is 7. The minimum Gasteiger partial charge on any atom is -0.374 e. The van der Waals surface area contributed by atoms with Gasteiger partial charge in [-0.25, -0.2) is 0 Å². The van der Waals surface area contributed by atoms with E-state index < -0.39 is 0 Å². The van der Waals surface area contributed by atoms with Crippen LogP contribution in [0.15, 0.2) is 42.5 Å². The SMILES string of the molecule is CC(C)OCc1ccc(CNC(=O)C2CC(=O)N(c3ccc4c(c3)CCC4)C2)cc1. The number of anilines is 1. The lowest BCUT2D eigenvalue weighted by atomic mass is 10.1. The lowest BCUT2D eigenvalue weighted by Crippen LogP contribution is -2.32. The molecule has 5 nitrogen and oxygen atoms in total. The number of ether oxygens (including phenoxy) is 1. The van der Waals surface area contributed by atoms with Crippen molar-refractivity contribution in [3.8, 4) is 0 Å². The predicted molar refractivity (Wildman–Crippen MR) is 117 cm³/mol. The Kier molecular flexibility index (Phi) is 6.18. The van der Waals surface area contributed by atoms with Crippen molar-refractivity contribution in [1.82, 2.24) is 5.32 Å². The normalized spacial score (nSPS) is 18.2. The van der Waals surface area contributed by atoms with Crippen LogP contribution in [-0.4, -0.2) is 24.5 Å². The maximum absolute atomic E-state index is 12.7. The summed E-state index contributed by atoms with van der Waals surface area (Å²) in [4.78, 5) is 27.0. The van der Waals surface area contributed by atoms with E-state index in [-0.39, 0.29) is 30.3 Å². The molecule has 5 heteroatoms. The van der Waals surface area contributed by atoms with E-state index in [1.165, 1.54) is 17.5 Å². The molecule has 0 saturated carbocycles. The van der Waals surface area contributed by atoms with E-state index >= 15 is 0 Å². The predicted octanol–water partition coefficient (Wildman–Crippen LogP) is 3.77. The zero-order valence-electron chi connectivity index (χ0n) is 17.8. The Balaban J connectivity index is 1.31. The highest BCUT2D eigenvalue weighted by molar-refractivity contribution is 6.00. The van der Waals surface area contributed by atoms with Crippen molar-refractivity contribution in [2.45, 2.75) is 58.8 Å². The molecule has 2 aromatic rings. The first-order valence-corrected chi connectivity index (χ1v) is 10.9. The summed E-state index contributed by atoms with van der Waals surface area (Å²) in [6.07, 6.45) is 3.87. The lowest BCUT2D eigenvalue weighted by molar-refractivity contribution is -0.126. The highest BCUT2D eigenvalue weighted by Crippen LogP contribution is 2.30. The molecule has 1 N–H and O–H groups in total. The van der Waals surface area contributed by atoms with Gasteiger partial charge < -0.3 is 15.0 Å². The Hall–Kier alpha value is -2.66. The number of amides is 2. The smallest absolute Gasteiger partial charge is 0.227 e. The van der Waals surface area contributed by atoms with Crippen molar-refractivity contribution in [2.75, 3.05) is 11.4 Å². The van der Waals surface area contributed by atoms with Gasteiger partial charge in [0, 0.05) is 25.2 Å². The summed E-state index contributed by atoms with van der Waals surface area (Å²) < 4.78 is 5.61. The van der Waals surface area contributed by atoms with Crippen LogP contribution in [0.1, 0.15) is 48.9 Å². The van der Waals surface area contributed by atoms with Crippen LogP contribution in [0, 0.1) is 5.92 Å². The Morgan fingerprint density at radius 3 is 2.60 bits per heavy atom. The summed E-state index contributed by atoms with van der Waals surface area (Å²) in [5, 5.41) is 3.00. The third-order valence-electron chi connectivity index (χ3n) is 5.96. The first-order chi connectivity index (χ1) is 14.5. The van der Waals surface area contributed by atoms with E-state index in [1.54, 1.807) is 4.90 Å². The number of fused-ring (bicyclic) bond motifs is 1. The fraction of sp³-hybridized carbons (Fsp3) is 0.440. The summed E-state index contributed by atoms with van der Waals surface area (Å²) in [6.45, 7) is 5.54. The lowest BCUT2D eigenvalue weighted by Gasteiger charge is -2.18. The molecule has 0 radical (unpaired) electrons. The molecule has 0 spiro atoms. The third kappa shape index (κ3) is 4.73. The largest absolute Gasteiger partial charge is 0.374 e. The van der Waals surface area contributed by atoms with Gasteiger partial charge in [0.25, 0.3) is 0 Å². The van der Waals surface area contributed by atoms with Crippen molar-refractivity contribution in [3.63, 3.8) is 0 Å². The van der Waals surface area contributed by atoms with Gasteiger partial charge in [-0.2, -0.15) is 0 Å². The van der Waals surface area contributed by atoms with Gasteiger partial charge >= 0.3 is 0 Å². The maximum atomic E-state index is 12.7. The summed E-state index contributed by atoms with van der Waals surface area (Å²) in [5.41, 5.74) is 5.81. The van der Waals surface area contributed by atoms with Gasteiger partial charge in [-0.3, -0.25) is 9.59 Å². The van der Waals surface area contributed by atoms with Crippen LogP contribution >= 0.6 is 0 Å². The Bertz CT molecular complexity index is 920. The van der Waals surface area contributed by atoms with E-state index in [9.17, 15) is 9.59 Å². The Morgan fingerprint density at radius 2 is 1.83 bits per heavy atom. The number of carbonyl (C=O) groups is 2. The van der Waals surface area contributed by atoms with E-state index in [2.05, 4.69) is 17.4 Å². The first kappa shape index (κ1) is 20.6. The van der Waals surface area contributed by atoms with Gasteiger partial charge in [0.1, 0.15) is 0 Å². The number of carbonyl (C=O) groups excluding carboxylic acids is 2. The second-order valence-electron chi connectivity index (χ2n) is 8.61. The molecular formula is C25H30N2O3. The summed E-state index contributed by atoms with van der Waals surface area (Å²) >= 11 is 0. The Morgan fingerprint density at radius 1 is 1.10 bits per heavy atom. The summed E-state index contributed by atoms with van der Waals surface area (Å²) in [6, 6.07) is 14.4. The zero-order chi connectivity index (χ0) is 21.1. The van der Waals surface area contributed by atoms with Gasteiger partial charge in [-0.05, 0) is 67.5 Å². The molecule has 2 amide bonds. The molecule has 1 saturated heterocycles. The van der Waals surface area contributed by atoms with Crippen molar-refractivity contribution in [2.24, 2.45) is 5.92 Å². The summed E-state index contributed by atoms with van der Waals surface area (Å²) in [7, 11) is 0. The second kappa shape index (κ2) is 9.00. The molecule has 30 heavy (non-hydrogen) atoms. The number of aryl methyl sites for hydroxylation is 2. The van der Waals surface area contributed by atoms with Crippen LogP contribution in [0.5, 0.6) is 0 Å². The number of benzene rings is 2. The van der Waals surface area contributed by atoms with Crippen LogP contribution in [-0.2, 0) is 40.3 Å². The number of nitrogens with one attached hydrogen (secondary N) is 1. The van der Waals surface area contributed by atoms with Crippen molar-refractivity contribution in [3.05, 3.63) is 64.7 Å². The molecule has 1 unspecified atom stereocenters. The van der Waals surface area contributed by atoms with Crippen molar-refractivity contribution < 1.29 is 14.3 Å². The molecule has 2 aromatic carbocycles. The number of nitrogens with zero attached hydrogens (tertiary/aromatic N) is 1. The standard InChI is InChI=1S/C25H30N2O3/c1-17(2)30-16-19-8-6-18(7-9-19)14-26-25(29)22-13-24(28)27(15-22)23-11-10-20-4-3-5-21(20)12-23/h6-12,17,22H,3-5,13-16H2,1-2H3,(H,26,29). The fourth-order valence-corrected chi connectivity index (χ4v) is 4.21. The molecule has 1 fully saturated rings. The second-order valence-corrected chi connectivity index (χ2v) is 8.61. The minimum atomic E-state index is -0.301. The van der Waals surface area contributed by atoms with Gasteiger partial charge in [0.2, 0.25) is 11.8 Å². The molecule has 1 aliphatic carbocycles. The Labute approximate surface area is 178 Å². The van der Waals surface area contributed by atoms with E-state index in [1.807, 2.05) is 44.2 Å². The average molecular weight is 407 g/mol. The quantitative estimate of drug-likeness (QED) is 0.762. The monoisotopic (exact) mass is 406 g/mol.